The Morgan fingerprint density at radius 2 is 1.95 bits per heavy atom. The molecular formula is C14H15BrN2O2S. The van der Waals surface area contributed by atoms with E-state index in [0.717, 1.165) is 11.1 Å². The lowest BCUT2D eigenvalue weighted by Crippen LogP contribution is -2.27. The molecule has 0 aliphatic carbocycles. The summed E-state index contributed by atoms with van der Waals surface area (Å²) in [4.78, 5) is 4.03. The Labute approximate surface area is 127 Å². The van der Waals surface area contributed by atoms with Crippen LogP contribution in [0.2, 0.25) is 0 Å². The van der Waals surface area contributed by atoms with Crippen molar-refractivity contribution in [3.63, 3.8) is 0 Å². The Hall–Kier alpha value is -1.24. The number of nitrogens with zero attached hydrogens (tertiary/aromatic N) is 1. The summed E-state index contributed by atoms with van der Waals surface area (Å²) >= 11 is 3.22. The minimum absolute atomic E-state index is 0.146. The molecule has 1 heterocycles. The fourth-order valence-corrected chi connectivity index (χ4v) is 3.70. The van der Waals surface area contributed by atoms with Gasteiger partial charge in [0.2, 0.25) is 10.0 Å². The van der Waals surface area contributed by atoms with Gasteiger partial charge < -0.3 is 0 Å². The van der Waals surface area contributed by atoms with E-state index in [4.69, 9.17) is 0 Å². The van der Waals surface area contributed by atoms with Crippen molar-refractivity contribution in [2.75, 3.05) is 0 Å². The molecule has 2 rings (SSSR count). The van der Waals surface area contributed by atoms with E-state index in [1.807, 2.05) is 38.1 Å². The molecule has 0 aliphatic heterocycles. The molecule has 0 radical (unpaired) electrons. The zero-order chi connectivity index (χ0) is 14.8. The SMILES string of the molecule is Cc1ccccc1C(C)NS(=O)(=O)c1cncc(Br)c1. The largest absolute Gasteiger partial charge is 0.262 e. The number of benzene rings is 1. The van der Waals surface area contributed by atoms with Crippen LogP contribution in [0, 0.1) is 6.92 Å². The molecule has 0 saturated carbocycles. The number of pyridine rings is 1. The van der Waals surface area contributed by atoms with Gasteiger partial charge in [-0.3, -0.25) is 4.98 Å². The lowest BCUT2D eigenvalue weighted by atomic mass is 10.0. The van der Waals surface area contributed by atoms with E-state index >= 15 is 0 Å². The van der Waals surface area contributed by atoms with Gasteiger partial charge in [0.05, 0.1) is 0 Å². The van der Waals surface area contributed by atoms with Gasteiger partial charge in [0, 0.05) is 22.9 Å². The molecule has 2 aromatic rings. The number of sulfonamides is 1. The third kappa shape index (κ3) is 3.45. The zero-order valence-electron chi connectivity index (χ0n) is 11.2. The predicted octanol–water partition coefficient (Wildman–Crippen LogP) is 3.19. The second kappa shape index (κ2) is 6.03. The summed E-state index contributed by atoms with van der Waals surface area (Å²) < 4.78 is 27.9. The normalized spacial score (nSPS) is 13.2. The molecule has 0 saturated heterocycles. The molecule has 1 aromatic heterocycles. The van der Waals surface area contributed by atoms with Crippen molar-refractivity contribution in [1.29, 1.82) is 0 Å². The van der Waals surface area contributed by atoms with Crippen LogP contribution in [0.25, 0.3) is 0 Å². The summed E-state index contributed by atoms with van der Waals surface area (Å²) in [6, 6.07) is 8.93. The van der Waals surface area contributed by atoms with Gasteiger partial charge in [0.1, 0.15) is 4.90 Å². The Bertz CT molecular complexity index is 717. The molecular weight excluding hydrogens is 340 g/mol. The second-order valence-corrected chi connectivity index (χ2v) is 7.17. The molecule has 6 heteroatoms. The fraction of sp³-hybridized carbons (Fsp3) is 0.214. The van der Waals surface area contributed by atoms with Gasteiger partial charge in [-0.1, -0.05) is 24.3 Å². The van der Waals surface area contributed by atoms with Crippen LogP contribution in [0.5, 0.6) is 0 Å². The monoisotopic (exact) mass is 354 g/mol. The van der Waals surface area contributed by atoms with Crippen LogP contribution in [0.1, 0.15) is 24.1 Å². The van der Waals surface area contributed by atoms with Crippen molar-refractivity contribution < 1.29 is 8.42 Å². The summed E-state index contributed by atoms with van der Waals surface area (Å²) in [6.45, 7) is 3.78. The van der Waals surface area contributed by atoms with Gasteiger partial charge in [-0.2, -0.15) is 0 Å². The molecule has 0 bridgehead atoms. The van der Waals surface area contributed by atoms with Crippen molar-refractivity contribution in [2.45, 2.75) is 24.8 Å². The van der Waals surface area contributed by atoms with E-state index < -0.39 is 10.0 Å². The van der Waals surface area contributed by atoms with Gasteiger partial charge >= 0.3 is 0 Å². The third-order valence-corrected chi connectivity index (χ3v) is 4.92. The highest BCUT2D eigenvalue weighted by atomic mass is 79.9. The molecule has 1 aromatic carbocycles. The highest BCUT2D eigenvalue weighted by molar-refractivity contribution is 9.10. The number of hydrogen-bond acceptors (Lipinski definition) is 3. The van der Waals surface area contributed by atoms with Gasteiger partial charge in [-0.25, -0.2) is 13.1 Å². The second-order valence-electron chi connectivity index (χ2n) is 4.54. The zero-order valence-corrected chi connectivity index (χ0v) is 13.6. The Kier molecular flexibility index (Phi) is 4.57. The van der Waals surface area contributed by atoms with E-state index in [9.17, 15) is 8.42 Å². The summed E-state index contributed by atoms with van der Waals surface area (Å²) in [5.74, 6) is 0. The Morgan fingerprint density at radius 3 is 2.60 bits per heavy atom. The smallest absolute Gasteiger partial charge is 0.242 e. The van der Waals surface area contributed by atoms with E-state index in [1.165, 1.54) is 12.3 Å². The van der Waals surface area contributed by atoms with Gasteiger partial charge in [0.25, 0.3) is 0 Å². The van der Waals surface area contributed by atoms with E-state index in [0.29, 0.717) is 4.47 Å². The van der Waals surface area contributed by atoms with Crippen LogP contribution < -0.4 is 4.72 Å². The van der Waals surface area contributed by atoms with Crippen LogP contribution in [0.15, 0.2) is 52.1 Å². The molecule has 1 unspecified atom stereocenters. The summed E-state index contributed by atoms with van der Waals surface area (Å²) in [5, 5.41) is 0. The van der Waals surface area contributed by atoms with Crippen LogP contribution in [-0.2, 0) is 10.0 Å². The maximum absolute atomic E-state index is 12.3. The molecule has 0 fully saturated rings. The summed E-state index contributed by atoms with van der Waals surface area (Å²) in [7, 11) is -3.59. The topological polar surface area (TPSA) is 59.1 Å². The maximum Gasteiger partial charge on any atom is 0.242 e. The summed E-state index contributed by atoms with van der Waals surface area (Å²) in [6.07, 6.45) is 2.88. The molecule has 1 N–H and O–H groups in total. The van der Waals surface area contributed by atoms with Gasteiger partial charge in [0.15, 0.2) is 0 Å². The first-order valence-corrected chi connectivity index (χ1v) is 8.36. The number of rotatable bonds is 4. The molecule has 106 valence electrons. The lowest BCUT2D eigenvalue weighted by Gasteiger charge is -2.16. The standard InChI is InChI=1S/C14H15BrN2O2S/c1-10-5-3-4-6-14(10)11(2)17-20(18,19)13-7-12(15)8-16-9-13/h3-9,11,17H,1-2H3. The lowest BCUT2D eigenvalue weighted by molar-refractivity contribution is 0.566. The third-order valence-electron chi connectivity index (χ3n) is 2.98. The van der Waals surface area contributed by atoms with Crippen LogP contribution >= 0.6 is 15.9 Å². The average Bonchev–Trinajstić information content (AvgIpc) is 2.38. The van der Waals surface area contributed by atoms with Crippen molar-refractivity contribution in [1.82, 2.24) is 9.71 Å². The quantitative estimate of drug-likeness (QED) is 0.916. The maximum atomic E-state index is 12.3. The minimum atomic E-state index is -3.59. The number of halogens is 1. The van der Waals surface area contributed by atoms with E-state index in [2.05, 4.69) is 25.6 Å². The highest BCUT2D eigenvalue weighted by Crippen LogP contribution is 2.20. The number of hydrogen-bond donors (Lipinski definition) is 1. The molecule has 0 amide bonds. The summed E-state index contributed by atoms with van der Waals surface area (Å²) in [5.41, 5.74) is 2.01. The van der Waals surface area contributed by atoms with E-state index in [1.54, 1.807) is 6.20 Å². The van der Waals surface area contributed by atoms with E-state index in [-0.39, 0.29) is 10.9 Å². The minimum Gasteiger partial charge on any atom is -0.262 e. The van der Waals surface area contributed by atoms with Crippen molar-refractivity contribution in [2.24, 2.45) is 0 Å². The average molecular weight is 355 g/mol. The van der Waals surface area contributed by atoms with Crippen molar-refractivity contribution in [3.8, 4) is 0 Å². The Morgan fingerprint density at radius 1 is 1.25 bits per heavy atom. The molecule has 1 atom stereocenters. The first-order chi connectivity index (χ1) is 9.40. The number of aromatic nitrogens is 1. The van der Waals surface area contributed by atoms with Crippen molar-refractivity contribution in [3.05, 3.63) is 58.3 Å². The fourth-order valence-electron chi connectivity index (χ4n) is 1.98. The molecule has 0 spiro atoms. The highest BCUT2D eigenvalue weighted by Gasteiger charge is 2.19. The number of nitrogens with one attached hydrogen (secondary N) is 1. The molecule has 20 heavy (non-hydrogen) atoms. The van der Waals surface area contributed by atoms with Crippen LogP contribution in [0.4, 0.5) is 0 Å². The number of aryl methyl sites for hydroxylation is 1. The van der Waals surface area contributed by atoms with Crippen LogP contribution in [-0.4, -0.2) is 13.4 Å². The van der Waals surface area contributed by atoms with Crippen molar-refractivity contribution >= 4 is 26.0 Å². The van der Waals surface area contributed by atoms with Gasteiger partial charge in [-0.15, -0.1) is 0 Å². The molecule has 4 nitrogen and oxygen atoms in total. The Balaban J connectivity index is 2.27. The predicted molar refractivity (Wildman–Crippen MR) is 81.9 cm³/mol. The first kappa shape index (κ1) is 15.2. The molecule has 0 aliphatic rings. The van der Waals surface area contributed by atoms with Gasteiger partial charge in [-0.05, 0) is 47.0 Å². The van der Waals surface area contributed by atoms with Crippen LogP contribution in [0.3, 0.4) is 0 Å². The first-order valence-electron chi connectivity index (χ1n) is 6.08.